The van der Waals surface area contributed by atoms with Crippen LogP contribution >= 0.6 is 0 Å². The van der Waals surface area contributed by atoms with E-state index in [4.69, 9.17) is 5.73 Å². The molecule has 2 amide bonds. The summed E-state index contributed by atoms with van der Waals surface area (Å²) in [6.45, 7) is 0. The molecule has 0 radical (unpaired) electrons. The number of nitrogens with two attached hydrogens (primary N) is 1. The van der Waals surface area contributed by atoms with Crippen LogP contribution in [0.1, 0.15) is 30.7 Å². The van der Waals surface area contributed by atoms with Crippen molar-refractivity contribution in [1.82, 2.24) is 9.78 Å². The van der Waals surface area contributed by atoms with Gasteiger partial charge in [0, 0.05) is 18.5 Å². The van der Waals surface area contributed by atoms with Gasteiger partial charge in [-0.15, -0.1) is 0 Å². The molecule has 0 unspecified atom stereocenters. The molecule has 2 N–H and O–H groups in total. The van der Waals surface area contributed by atoms with Gasteiger partial charge < -0.3 is 5.73 Å². The van der Waals surface area contributed by atoms with Gasteiger partial charge in [0.15, 0.2) is 0 Å². The summed E-state index contributed by atoms with van der Waals surface area (Å²) in [7, 11) is 1.87. The van der Waals surface area contributed by atoms with E-state index in [9.17, 15) is 9.18 Å². The number of aromatic nitrogens is 2. The fourth-order valence-corrected chi connectivity index (χ4v) is 4.15. The molecule has 1 fully saturated rings. The summed E-state index contributed by atoms with van der Waals surface area (Å²) in [6.07, 6.45) is 4.07. The zero-order valence-electron chi connectivity index (χ0n) is 14.6. The highest BCUT2D eigenvalue weighted by Crippen LogP contribution is 2.40. The molecule has 3 aromatic rings. The van der Waals surface area contributed by atoms with Gasteiger partial charge in [0.1, 0.15) is 5.82 Å². The topological polar surface area (TPSA) is 64.2 Å². The van der Waals surface area contributed by atoms with E-state index in [1.54, 1.807) is 21.8 Å². The standard InChI is InChI=1S/C20H21FN4O/c1-24-18-7-4-8-19(16(18)12-23-24)25(20(22)26)14-10-9-13(11-14)15-5-2-3-6-17(15)21/h2-8,12-14H,9-11H2,1H3,(H2,22,26)/t13-,14+/m1/s1. The number of benzene rings is 2. The molecule has 1 saturated carbocycles. The number of primary amides is 1. The second-order valence-corrected chi connectivity index (χ2v) is 6.87. The Morgan fingerprint density at radius 2 is 2.04 bits per heavy atom. The highest BCUT2D eigenvalue weighted by Gasteiger charge is 2.34. The average Bonchev–Trinajstić information content (AvgIpc) is 3.24. The van der Waals surface area contributed by atoms with Crippen LogP contribution in [0, 0.1) is 5.82 Å². The summed E-state index contributed by atoms with van der Waals surface area (Å²) in [5.74, 6) is -0.0886. The minimum absolute atomic E-state index is 0.0529. The maximum absolute atomic E-state index is 14.1. The average molecular weight is 352 g/mol. The fourth-order valence-electron chi connectivity index (χ4n) is 4.15. The first-order chi connectivity index (χ1) is 12.6. The van der Waals surface area contributed by atoms with E-state index < -0.39 is 6.03 Å². The third-order valence-electron chi connectivity index (χ3n) is 5.38. The number of carbonyl (C=O) groups excluding carboxylic acids is 1. The summed E-state index contributed by atoms with van der Waals surface area (Å²) in [5.41, 5.74) is 8.18. The van der Waals surface area contributed by atoms with Crippen LogP contribution in [-0.2, 0) is 7.05 Å². The van der Waals surface area contributed by atoms with Crippen molar-refractivity contribution in [2.24, 2.45) is 12.8 Å². The van der Waals surface area contributed by atoms with E-state index in [2.05, 4.69) is 5.10 Å². The number of hydrogen-bond donors (Lipinski definition) is 1. The molecule has 2 aromatic carbocycles. The van der Waals surface area contributed by atoms with Gasteiger partial charge in [-0.25, -0.2) is 9.18 Å². The molecule has 2 atom stereocenters. The van der Waals surface area contributed by atoms with Gasteiger partial charge in [0.2, 0.25) is 0 Å². The number of aryl methyl sites for hydroxylation is 1. The van der Waals surface area contributed by atoms with Gasteiger partial charge in [-0.3, -0.25) is 9.58 Å². The fraction of sp³-hybridized carbons (Fsp3) is 0.300. The summed E-state index contributed by atoms with van der Waals surface area (Å²) in [6, 6.07) is 12.1. The van der Waals surface area contributed by atoms with Crippen LogP contribution in [-0.4, -0.2) is 21.9 Å². The molecule has 0 spiro atoms. The SMILES string of the molecule is Cn1ncc2c(N(C(N)=O)[C@H]3CC[C@@H](c4ccccc4F)C3)cccc21. The molecule has 26 heavy (non-hydrogen) atoms. The van der Waals surface area contributed by atoms with E-state index in [-0.39, 0.29) is 17.8 Å². The van der Waals surface area contributed by atoms with Crippen LogP contribution in [0.15, 0.2) is 48.7 Å². The van der Waals surface area contributed by atoms with E-state index in [0.717, 1.165) is 35.0 Å². The molecule has 6 heteroatoms. The van der Waals surface area contributed by atoms with Crippen LogP contribution in [0.2, 0.25) is 0 Å². The van der Waals surface area contributed by atoms with Gasteiger partial charge >= 0.3 is 6.03 Å². The van der Waals surface area contributed by atoms with E-state index >= 15 is 0 Å². The molecule has 4 rings (SSSR count). The minimum atomic E-state index is -0.486. The van der Waals surface area contributed by atoms with E-state index in [1.165, 1.54) is 6.07 Å². The third kappa shape index (κ3) is 2.71. The van der Waals surface area contributed by atoms with Crippen LogP contribution in [0.3, 0.4) is 0 Å². The first-order valence-electron chi connectivity index (χ1n) is 8.80. The highest BCUT2D eigenvalue weighted by atomic mass is 19.1. The zero-order valence-corrected chi connectivity index (χ0v) is 14.6. The molecular formula is C20H21FN4O. The van der Waals surface area contributed by atoms with Crippen LogP contribution < -0.4 is 10.6 Å². The smallest absolute Gasteiger partial charge is 0.319 e. The number of fused-ring (bicyclic) bond motifs is 1. The van der Waals surface area contributed by atoms with Gasteiger partial charge in [-0.1, -0.05) is 24.3 Å². The highest BCUT2D eigenvalue weighted by molar-refractivity contribution is 6.02. The Labute approximate surface area is 151 Å². The zero-order chi connectivity index (χ0) is 18.3. The number of hydrogen-bond acceptors (Lipinski definition) is 2. The Bertz CT molecular complexity index is 967. The molecule has 5 nitrogen and oxygen atoms in total. The lowest BCUT2D eigenvalue weighted by Crippen LogP contribution is -2.42. The molecule has 1 aromatic heterocycles. The molecule has 134 valence electrons. The quantitative estimate of drug-likeness (QED) is 0.776. The largest absolute Gasteiger partial charge is 0.351 e. The summed E-state index contributed by atoms with van der Waals surface area (Å²) >= 11 is 0. The molecule has 0 saturated heterocycles. The molecule has 1 aliphatic carbocycles. The Hall–Kier alpha value is -2.89. The van der Waals surface area contributed by atoms with Crippen molar-refractivity contribution in [2.75, 3.05) is 4.90 Å². The number of urea groups is 1. The maximum atomic E-state index is 14.1. The number of rotatable bonds is 3. The van der Waals surface area contributed by atoms with Gasteiger partial charge in [0.25, 0.3) is 0 Å². The number of nitrogens with zero attached hydrogens (tertiary/aromatic N) is 3. The van der Waals surface area contributed by atoms with Crippen molar-refractivity contribution in [3.05, 3.63) is 60.0 Å². The molecule has 1 heterocycles. The van der Waals surface area contributed by atoms with E-state index in [0.29, 0.717) is 6.42 Å². The summed E-state index contributed by atoms with van der Waals surface area (Å²) in [4.78, 5) is 14.0. The van der Waals surface area contributed by atoms with E-state index in [1.807, 2.05) is 37.4 Å². The number of amides is 2. The normalized spacial score (nSPS) is 19.8. The first-order valence-corrected chi connectivity index (χ1v) is 8.80. The van der Waals surface area contributed by atoms with Gasteiger partial charge in [0.05, 0.1) is 17.4 Å². The van der Waals surface area contributed by atoms with Gasteiger partial charge in [-0.2, -0.15) is 5.10 Å². The van der Waals surface area contributed by atoms with Crippen molar-refractivity contribution < 1.29 is 9.18 Å². The summed E-state index contributed by atoms with van der Waals surface area (Å²) < 4.78 is 15.9. The predicted molar refractivity (Wildman–Crippen MR) is 99.6 cm³/mol. The molecule has 0 bridgehead atoms. The Kier molecular flexibility index (Phi) is 4.11. The van der Waals surface area contributed by atoms with Crippen molar-refractivity contribution in [3.8, 4) is 0 Å². The van der Waals surface area contributed by atoms with Gasteiger partial charge in [-0.05, 0) is 48.9 Å². The number of carbonyl (C=O) groups is 1. The van der Waals surface area contributed by atoms with Crippen molar-refractivity contribution in [3.63, 3.8) is 0 Å². The van der Waals surface area contributed by atoms with Crippen molar-refractivity contribution in [1.29, 1.82) is 0 Å². The Morgan fingerprint density at radius 1 is 1.23 bits per heavy atom. The first kappa shape index (κ1) is 16.6. The molecular weight excluding hydrogens is 331 g/mol. The van der Waals surface area contributed by atoms with Crippen LogP contribution in [0.5, 0.6) is 0 Å². The Morgan fingerprint density at radius 3 is 2.81 bits per heavy atom. The Balaban J connectivity index is 1.68. The second-order valence-electron chi connectivity index (χ2n) is 6.87. The maximum Gasteiger partial charge on any atom is 0.319 e. The minimum Gasteiger partial charge on any atom is -0.351 e. The number of halogens is 1. The van der Waals surface area contributed by atoms with Crippen LogP contribution in [0.25, 0.3) is 10.9 Å². The second kappa shape index (κ2) is 6.44. The molecule has 1 aliphatic rings. The lowest BCUT2D eigenvalue weighted by Gasteiger charge is -2.28. The number of anilines is 1. The third-order valence-corrected chi connectivity index (χ3v) is 5.38. The van der Waals surface area contributed by atoms with Crippen LogP contribution in [0.4, 0.5) is 14.9 Å². The molecule has 0 aliphatic heterocycles. The monoisotopic (exact) mass is 352 g/mol. The lowest BCUT2D eigenvalue weighted by atomic mass is 9.97. The van der Waals surface area contributed by atoms with Crippen molar-refractivity contribution in [2.45, 2.75) is 31.2 Å². The van der Waals surface area contributed by atoms with Crippen molar-refractivity contribution >= 4 is 22.6 Å². The summed E-state index contributed by atoms with van der Waals surface area (Å²) in [5, 5.41) is 5.18. The lowest BCUT2D eigenvalue weighted by molar-refractivity contribution is 0.251. The predicted octanol–water partition coefficient (Wildman–Crippen LogP) is 3.93.